The van der Waals surface area contributed by atoms with Crippen molar-refractivity contribution < 1.29 is 4.79 Å². The molecule has 0 radical (unpaired) electrons. The maximum absolute atomic E-state index is 12.4. The van der Waals surface area contributed by atoms with E-state index in [0.717, 1.165) is 32.4 Å². The molecular weight excluding hydrogens is 274 g/mol. The molecule has 2 unspecified atom stereocenters. The maximum atomic E-state index is 12.4. The Morgan fingerprint density at radius 1 is 1.45 bits per heavy atom. The molecule has 120 valence electrons. The molecule has 1 aliphatic heterocycles. The van der Waals surface area contributed by atoms with E-state index in [2.05, 4.69) is 28.4 Å². The SMILES string of the molecule is CC(C#N)(NC(=O)CN1CCCC2(CC=CCC2)C1)C1CC1. The Kier molecular flexibility index (Phi) is 4.27. The average molecular weight is 301 g/mol. The lowest BCUT2D eigenvalue weighted by atomic mass is 9.71. The van der Waals surface area contributed by atoms with Crippen LogP contribution in [0.1, 0.15) is 51.9 Å². The van der Waals surface area contributed by atoms with Crippen molar-refractivity contribution in [1.82, 2.24) is 10.2 Å². The minimum absolute atomic E-state index is 0.0133. The fourth-order valence-corrected chi connectivity index (χ4v) is 4.17. The van der Waals surface area contributed by atoms with Gasteiger partial charge in [-0.25, -0.2) is 0 Å². The highest BCUT2D eigenvalue weighted by Crippen LogP contribution is 2.41. The van der Waals surface area contributed by atoms with E-state index < -0.39 is 5.54 Å². The summed E-state index contributed by atoms with van der Waals surface area (Å²) in [7, 11) is 0. The van der Waals surface area contributed by atoms with Crippen LogP contribution < -0.4 is 5.32 Å². The number of nitriles is 1. The first-order valence-electron chi connectivity index (χ1n) is 8.65. The van der Waals surface area contributed by atoms with E-state index in [0.29, 0.717) is 17.9 Å². The largest absolute Gasteiger partial charge is 0.337 e. The second-order valence-electron chi connectivity index (χ2n) is 7.67. The number of rotatable bonds is 4. The number of amides is 1. The van der Waals surface area contributed by atoms with Crippen molar-refractivity contribution in [2.75, 3.05) is 19.6 Å². The van der Waals surface area contributed by atoms with Crippen LogP contribution in [0.2, 0.25) is 0 Å². The van der Waals surface area contributed by atoms with Gasteiger partial charge in [-0.3, -0.25) is 9.69 Å². The maximum Gasteiger partial charge on any atom is 0.235 e. The summed E-state index contributed by atoms with van der Waals surface area (Å²) in [6, 6.07) is 2.31. The van der Waals surface area contributed by atoms with Crippen LogP contribution in [0.25, 0.3) is 0 Å². The Morgan fingerprint density at radius 3 is 2.91 bits per heavy atom. The molecular formula is C18H27N3O. The van der Waals surface area contributed by atoms with E-state index in [1.165, 1.54) is 25.7 Å². The highest BCUT2D eigenvalue weighted by Gasteiger charge is 2.43. The van der Waals surface area contributed by atoms with Gasteiger partial charge in [0.05, 0.1) is 12.6 Å². The summed E-state index contributed by atoms with van der Waals surface area (Å²) in [6.07, 6.45) is 12.8. The van der Waals surface area contributed by atoms with Gasteiger partial charge >= 0.3 is 0 Å². The molecule has 0 aromatic carbocycles. The number of hydrogen-bond donors (Lipinski definition) is 1. The van der Waals surface area contributed by atoms with Gasteiger partial charge in [-0.15, -0.1) is 0 Å². The van der Waals surface area contributed by atoms with E-state index >= 15 is 0 Å². The predicted molar refractivity (Wildman–Crippen MR) is 86.0 cm³/mol. The standard InChI is InChI=1S/C18H27N3O/c1-17(13-19,15-6-7-15)20-16(22)12-21-11-5-10-18(14-21)8-3-2-4-9-18/h2-3,15H,4-12,14H2,1H3,(H,20,22). The zero-order chi connectivity index (χ0) is 15.6. The van der Waals surface area contributed by atoms with Gasteiger partial charge in [0, 0.05) is 6.54 Å². The summed E-state index contributed by atoms with van der Waals surface area (Å²) in [5, 5.41) is 12.4. The van der Waals surface area contributed by atoms with E-state index in [9.17, 15) is 10.1 Å². The van der Waals surface area contributed by atoms with Gasteiger partial charge in [0.1, 0.15) is 5.54 Å². The number of piperidine rings is 1. The molecule has 1 saturated heterocycles. The molecule has 1 heterocycles. The van der Waals surface area contributed by atoms with Crippen LogP contribution in [-0.4, -0.2) is 36.0 Å². The number of carbonyl (C=O) groups is 1. The first-order valence-corrected chi connectivity index (χ1v) is 8.65. The van der Waals surface area contributed by atoms with Gasteiger partial charge in [0.25, 0.3) is 0 Å². The van der Waals surface area contributed by atoms with Crippen LogP contribution >= 0.6 is 0 Å². The molecule has 1 amide bonds. The highest BCUT2D eigenvalue weighted by atomic mass is 16.2. The fourth-order valence-electron chi connectivity index (χ4n) is 4.17. The number of allylic oxidation sites excluding steroid dienone is 2. The molecule has 2 fully saturated rings. The third-order valence-corrected chi connectivity index (χ3v) is 5.69. The Morgan fingerprint density at radius 2 is 2.27 bits per heavy atom. The minimum Gasteiger partial charge on any atom is -0.337 e. The van der Waals surface area contributed by atoms with Gasteiger partial charge in [0.2, 0.25) is 5.91 Å². The van der Waals surface area contributed by atoms with Crippen LogP contribution in [0.5, 0.6) is 0 Å². The summed E-state index contributed by atoms with van der Waals surface area (Å²) in [5.74, 6) is 0.358. The van der Waals surface area contributed by atoms with Crippen LogP contribution in [0.4, 0.5) is 0 Å². The van der Waals surface area contributed by atoms with Crippen molar-refractivity contribution in [2.45, 2.75) is 57.4 Å². The summed E-state index contributed by atoms with van der Waals surface area (Å²) in [5.41, 5.74) is -0.277. The van der Waals surface area contributed by atoms with Gasteiger partial charge < -0.3 is 5.32 Å². The Bertz CT molecular complexity index is 505. The molecule has 0 aromatic rings. The topological polar surface area (TPSA) is 56.1 Å². The van der Waals surface area contributed by atoms with Crippen molar-refractivity contribution in [3.05, 3.63) is 12.2 Å². The molecule has 0 aromatic heterocycles. The molecule has 4 heteroatoms. The third-order valence-electron chi connectivity index (χ3n) is 5.69. The molecule has 3 rings (SSSR count). The molecule has 4 nitrogen and oxygen atoms in total. The summed E-state index contributed by atoms with van der Waals surface area (Å²) in [4.78, 5) is 14.7. The average Bonchev–Trinajstić information content (AvgIpc) is 3.33. The van der Waals surface area contributed by atoms with E-state index in [1.807, 2.05) is 6.92 Å². The molecule has 22 heavy (non-hydrogen) atoms. The molecule has 3 aliphatic rings. The first kappa shape index (κ1) is 15.6. The molecule has 1 saturated carbocycles. The second-order valence-corrected chi connectivity index (χ2v) is 7.67. The van der Waals surface area contributed by atoms with Crippen molar-refractivity contribution in [2.24, 2.45) is 11.3 Å². The number of likely N-dealkylation sites (tertiary alicyclic amines) is 1. The van der Waals surface area contributed by atoms with Crippen molar-refractivity contribution >= 4 is 5.91 Å². The second kappa shape index (κ2) is 6.04. The van der Waals surface area contributed by atoms with Crippen LogP contribution in [0.3, 0.4) is 0 Å². The molecule has 1 N–H and O–H groups in total. The van der Waals surface area contributed by atoms with Crippen molar-refractivity contribution in [3.8, 4) is 6.07 Å². The smallest absolute Gasteiger partial charge is 0.235 e. The number of nitrogens with one attached hydrogen (secondary N) is 1. The molecule has 2 aliphatic carbocycles. The zero-order valence-electron chi connectivity index (χ0n) is 13.6. The minimum atomic E-state index is -0.669. The van der Waals surface area contributed by atoms with Crippen molar-refractivity contribution in [1.29, 1.82) is 5.26 Å². The van der Waals surface area contributed by atoms with E-state index in [-0.39, 0.29) is 5.91 Å². The van der Waals surface area contributed by atoms with Gasteiger partial charge in [-0.2, -0.15) is 5.26 Å². The Labute approximate surface area is 133 Å². The molecule has 1 spiro atoms. The van der Waals surface area contributed by atoms with Crippen LogP contribution in [0.15, 0.2) is 12.2 Å². The Balaban J connectivity index is 1.55. The fraction of sp³-hybridized carbons (Fsp3) is 0.778. The number of nitrogens with zero attached hydrogens (tertiary/aromatic N) is 2. The monoisotopic (exact) mass is 301 g/mol. The zero-order valence-corrected chi connectivity index (χ0v) is 13.6. The number of hydrogen-bond acceptors (Lipinski definition) is 3. The summed E-state index contributed by atoms with van der Waals surface area (Å²) < 4.78 is 0. The van der Waals surface area contributed by atoms with Gasteiger partial charge in [-0.05, 0) is 69.7 Å². The summed E-state index contributed by atoms with van der Waals surface area (Å²) >= 11 is 0. The normalized spacial score (nSPS) is 31.5. The van der Waals surface area contributed by atoms with E-state index in [1.54, 1.807) is 0 Å². The first-order chi connectivity index (χ1) is 10.6. The van der Waals surface area contributed by atoms with Crippen molar-refractivity contribution in [3.63, 3.8) is 0 Å². The van der Waals surface area contributed by atoms with Crippen LogP contribution in [-0.2, 0) is 4.79 Å². The lowest BCUT2D eigenvalue weighted by Crippen LogP contribution is -2.52. The lowest BCUT2D eigenvalue weighted by molar-refractivity contribution is -0.124. The van der Waals surface area contributed by atoms with Gasteiger partial charge in [0.15, 0.2) is 0 Å². The molecule has 2 atom stereocenters. The molecule has 0 bridgehead atoms. The summed E-state index contributed by atoms with van der Waals surface area (Å²) in [6.45, 7) is 4.34. The predicted octanol–water partition coefficient (Wildman–Crippen LogP) is 2.62. The third kappa shape index (κ3) is 3.35. The lowest BCUT2D eigenvalue weighted by Gasteiger charge is -2.43. The Hall–Kier alpha value is -1.34. The van der Waals surface area contributed by atoms with Crippen LogP contribution in [0, 0.1) is 22.7 Å². The quantitative estimate of drug-likeness (QED) is 0.812. The van der Waals surface area contributed by atoms with E-state index in [4.69, 9.17) is 0 Å². The number of carbonyl (C=O) groups excluding carboxylic acids is 1. The van der Waals surface area contributed by atoms with Gasteiger partial charge in [-0.1, -0.05) is 12.2 Å². The highest BCUT2D eigenvalue weighted by molar-refractivity contribution is 5.79.